The Balaban J connectivity index is 2.03. The Labute approximate surface area is 103 Å². The van der Waals surface area contributed by atoms with Crippen LogP contribution in [0.4, 0.5) is 16.2 Å². The van der Waals surface area contributed by atoms with Crippen molar-refractivity contribution in [1.82, 2.24) is 5.16 Å². The maximum absolute atomic E-state index is 11.6. The third-order valence-electron chi connectivity index (χ3n) is 2.12. The van der Waals surface area contributed by atoms with Crippen molar-refractivity contribution in [3.63, 3.8) is 0 Å². The van der Waals surface area contributed by atoms with E-state index in [9.17, 15) is 4.79 Å². The van der Waals surface area contributed by atoms with Gasteiger partial charge in [-0.05, 0) is 19.1 Å². The Morgan fingerprint density at radius 3 is 2.65 bits per heavy atom. The maximum atomic E-state index is 11.6. The lowest BCUT2D eigenvalue weighted by molar-refractivity contribution is 0.262. The molecule has 0 aliphatic heterocycles. The standard InChI is InChI=1S/C11H10ClN3O2/c1-7-10(6-13-17-7)15-11(16)14-9-5-3-2-4-8(9)12/h2-6H,1H3,(H2,14,15,16). The number of carbonyl (C=O) groups is 1. The average Bonchev–Trinajstić information content (AvgIpc) is 2.68. The van der Waals surface area contributed by atoms with E-state index in [1.807, 2.05) is 0 Å². The Morgan fingerprint density at radius 2 is 2.00 bits per heavy atom. The molecule has 0 spiro atoms. The fourth-order valence-electron chi connectivity index (χ4n) is 1.26. The van der Waals surface area contributed by atoms with Gasteiger partial charge in [-0.3, -0.25) is 0 Å². The zero-order valence-corrected chi connectivity index (χ0v) is 9.78. The van der Waals surface area contributed by atoms with Gasteiger partial charge in [-0.2, -0.15) is 0 Å². The zero-order chi connectivity index (χ0) is 12.3. The van der Waals surface area contributed by atoms with Gasteiger partial charge in [-0.15, -0.1) is 0 Å². The third-order valence-corrected chi connectivity index (χ3v) is 2.45. The molecular formula is C11H10ClN3O2. The first-order chi connectivity index (χ1) is 8.16. The summed E-state index contributed by atoms with van der Waals surface area (Å²) in [5.74, 6) is 0.541. The molecule has 0 atom stereocenters. The lowest BCUT2D eigenvalue weighted by Gasteiger charge is -2.07. The number of benzene rings is 1. The van der Waals surface area contributed by atoms with E-state index >= 15 is 0 Å². The van der Waals surface area contributed by atoms with Crippen LogP contribution in [-0.4, -0.2) is 11.2 Å². The van der Waals surface area contributed by atoms with Gasteiger partial charge in [0.05, 0.1) is 16.9 Å². The molecule has 0 radical (unpaired) electrons. The summed E-state index contributed by atoms with van der Waals surface area (Å²) < 4.78 is 4.82. The van der Waals surface area contributed by atoms with Crippen molar-refractivity contribution in [3.8, 4) is 0 Å². The predicted molar refractivity (Wildman–Crippen MR) is 65.3 cm³/mol. The molecule has 5 nitrogen and oxygen atoms in total. The molecule has 0 saturated heterocycles. The summed E-state index contributed by atoms with van der Waals surface area (Å²) in [5.41, 5.74) is 1.07. The number of hydrogen-bond acceptors (Lipinski definition) is 3. The van der Waals surface area contributed by atoms with Gasteiger partial charge < -0.3 is 15.2 Å². The predicted octanol–water partition coefficient (Wildman–Crippen LogP) is 3.28. The highest BCUT2D eigenvalue weighted by molar-refractivity contribution is 6.33. The van der Waals surface area contributed by atoms with Gasteiger partial charge in [-0.25, -0.2) is 4.79 Å². The van der Waals surface area contributed by atoms with E-state index in [-0.39, 0.29) is 0 Å². The van der Waals surface area contributed by atoms with Crippen molar-refractivity contribution in [1.29, 1.82) is 0 Å². The molecule has 2 aromatic rings. The van der Waals surface area contributed by atoms with Gasteiger partial charge in [0, 0.05) is 0 Å². The summed E-state index contributed by atoms with van der Waals surface area (Å²) in [6.07, 6.45) is 1.43. The monoisotopic (exact) mass is 251 g/mol. The second-order valence-corrected chi connectivity index (χ2v) is 3.76. The lowest BCUT2D eigenvalue weighted by atomic mass is 10.3. The van der Waals surface area contributed by atoms with E-state index in [0.717, 1.165) is 0 Å². The van der Waals surface area contributed by atoms with Gasteiger partial charge >= 0.3 is 6.03 Å². The van der Waals surface area contributed by atoms with Crippen LogP contribution < -0.4 is 10.6 Å². The number of halogens is 1. The minimum atomic E-state index is -0.399. The summed E-state index contributed by atoms with van der Waals surface area (Å²) in [7, 11) is 0. The number of rotatable bonds is 2. The fourth-order valence-corrected chi connectivity index (χ4v) is 1.44. The first-order valence-electron chi connectivity index (χ1n) is 4.90. The molecule has 0 aliphatic carbocycles. The number of amides is 2. The molecule has 0 unspecified atom stereocenters. The maximum Gasteiger partial charge on any atom is 0.323 e. The molecule has 6 heteroatoms. The minimum absolute atomic E-state index is 0.399. The van der Waals surface area contributed by atoms with Crippen LogP contribution in [-0.2, 0) is 0 Å². The number of carbonyl (C=O) groups excluding carboxylic acids is 1. The van der Waals surface area contributed by atoms with Crippen molar-refractivity contribution in [2.24, 2.45) is 0 Å². The molecule has 2 N–H and O–H groups in total. The molecule has 17 heavy (non-hydrogen) atoms. The van der Waals surface area contributed by atoms with Crippen LogP contribution in [0.15, 0.2) is 35.0 Å². The van der Waals surface area contributed by atoms with E-state index in [0.29, 0.717) is 22.2 Å². The van der Waals surface area contributed by atoms with Crippen molar-refractivity contribution in [3.05, 3.63) is 41.2 Å². The SMILES string of the molecule is Cc1oncc1NC(=O)Nc1ccccc1Cl. The Hall–Kier alpha value is -2.01. The van der Waals surface area contributed by atoms with Crippen LogP contribution in [0, 0.1) is 6.92 Å². The molecular weight excluding hydrogens is 242 g/mol. The number of anilines is 2. The second-order valence-electron chi connectivity index (χ2n) is 3.35. The molecule has 0 bridgehead atoms. The number of urea groups is 1. The van der Waals surface area contributed by atoms with Crippen LogP contribution in [0.5, 0.6) is 0 Å². The topological polar surface area (TPSA) is 67.2 Å². The normalized spacial score (nSPS) is 10.0. The smallest absolute Gasteiger partial charge is 0.323 e. The number of aromatic nitrogens is 1. The number of hydrogen-bond donors (Lipinski definition) is 2. The molecule has 88 valence electrons. The minimum Gasteiger partial charge on any atom is -0.359 e. The number of nitrogens with zero attached hydrogens (tertiary/aromatic N) is 1. The molecule has 2 amide bonds. The lowest BCUT2D eigenvalue weighted by Crippen LogP contribution is -2.19. The van der Waals surface area contributed by atoms with Crippen molar-refractivity contribution in [2.75, 3.05) is 10.6 Å². The van der Waals surface area contributed by atoms with Crippen LogP contribution in [0.25, 0.3) is 0 Å². The first-order valence-corrected chi connectivity index (χ1v) is 5.28. The Bertz CT molecular complexity index is 539. The van der Waals surface area contributed by atoms with Gasteiger partial charge in [0.25, 0.3) is 0 Å². The third kappa shape index (κ3) is 2.76. The van der Waals surface area contributed by atoms with Gasteiger partial charge in [0.1, 0.15) is 5.69 Å². The molecule has 0 saturated carbocycles. The van der Waals surface area contributed by atoms with Gasteiger partial charge in [0.15, 0.2) is 5.76 Å². The molecule has 1 heterocycles. The second kappa shape index (κ2) is 4.88. The molecule has 0 fully saturated rings. The summed E-state index contributed by atoms with van der Waals surface area (Å²) in [6.45, 7) is 1.71. The highest BCUT2D eigenvalue weighted by Crippen LogP contribution is 2.21. The first kappa shape index (κ1) is 11.5. The molecule has 1 aromatic carbocycles. The summed E-state index contributed by atoms with van der Waals surface area (Å²) >= 11 is 5.91. The quantitative estimate of drug-likeness (QED) is 0.861. The van der Waals surface area contributed by atoms with E-state index in [2.05, 4.69) is 15.8 Å². The van der Waals surface area contributed by atoms with Crippen LogP contribution in [0.3, 0.4) is 0 Å². The summed E-state index contributed by atoms with van der Waals surface area (Å²) in [5, 5.41) is 9.26. The van der Waals surface area contributed by atoms with Crippen molar-refractivity contribution >= 4 is 29.0 Å². The Morgan fingerprint density at radius 1 is 1.29 bits per heavy atom. The van der Waals surface area contributed by atoms with Gasteiger partial charge in [0.2, 0.25) is 0 Å². The highest BCUT2D eigenvalue weighted by atomic mass is 35.5. The van der Waals surface area contributed by atoms with Crippen LogP contribution >= 0.6 is 11.6 Å². The molecule has 2 rings (SSSR count). The van der Waals surface area contributed by atoms with Crippen molar-refractivity contribution in [2.45, 2.75) is 6.92 Å². The van der Waals surface area contributed by atoms with E-state index in [4.69, 9.17) is 16.1 Å². The molecule has 1 aromatic heterocycles. The highest BCUT2D eigenvalue weighted by Gasteiger charge is 2.08. The van der Waals surface area contributed by atoms with E-state index in [1.54, 1.807) is 31.2 Å². The van der Waals surface area contributed by atoms with Crippen LogP contribution in [0.2, 0.25) is 5.02 Å². The Kier molecular flexibility index (Phi) is 3.30. The average molecular weight is 252 g/mol. The zero-order valence-electron chi connectivity index (χ0n) is 9.03. The van der Waals surface area contributed by atoms with E-state index in [1.165, 1.54) is 6.20 Å². The molecule has 0 aliphatic rings. The van der Waals surface area contributed by atoms with Gasteiger partial charge in [-0.1, -0.05) is 28.9 Å². The van der Waals surface area contributed by atoms with Crippen LogP contribution in [0.1, 0.15) is 5.76 Å². The summed E-state index contributed by atoms with van der Waals surface area (Å²) in [6, 6.07) is 6.58. The van der Waals surface area contributed by atoms with E-state index < -0.39 is 6.03 Å². The number of para-hydroxylation sites is 1. The van der Waals surface area contributed by atoms with Crippen molar-refractivity contribution < 1.29 is 9.32 Å². The fraction of sp³-hybridized carbons (Fsp3) is 0.0909. The number of aryl methyl sites for hydroxylation is 1. The largest absolute Gasteiger partial charge is 0.359 e. The summed E-state index contributed by atoms with van der Waals surface area (Å²) in [4.78, 5) is 11.6. The number of nitrogens with one attached hydrogen (secondary N) is 2.